The predicted molar refractivity (Wildman–Crippen MR) is 78.2 cm³/mol. The first-order valence-electron chi connectivity index (χ1n) is 7.02. The van der Waals surface area contributed by atoms with Gasteiger partial charge in [0, 0.05) is 25.8 Å². The van der Waals surface area contributed by atoms with Crippen LogP contribution in [0.2, 0.25) is 0 Å². The SMILES string of the molecule is NC1Cc2ccccc2N(S(=O)(=O)C2CCOCC2)C1. The second kappa shape index (κ2) is 5.35. The lowest BCUT2D eigenvalue weighted by Gasteiger charge is -2.37. The molecule has 2 N–H and O–H groups in total. The average Bonchev–Trinajstić information content (AvgIpc) is 2.47. The Hall–Kier alpha value is -1.11. The van der Waals surface area contributed by atoms with Gasteiger partial charge < -0.3 is 10.5 Å². The van der Waals surface area contributed by atoms with E-state index in [1.807, 2.05) is 24.3 Å². The van der Waals surface area contributed by atoms with Gasteiger partial charge in [0.2, 0.25) is 10.0 Å². The Bertz CT molecular complexity index is 582. The van der Waals surface area contributed by atoms with Crippen molar-refractivity contribution in [3.05, 3.63) is 29.8 Å². The first kappa shape index (κ1) is 13.9. The van der Waals surface area contributed by atoms with Crippen molar-refractivity contribution in [1.29, 1.82) is 0 Å². The van der Waals surface area contributed by atoms with E-state index >= 15 is 0 Å². The number of nitrogens with zero attached hydrogens (tertiary/aromatic N) is 1. The molecule has 1 aromatic rings. The van der Waals surface area contributed by atoms with Gasteiger partial charge in [-0.25, -0.2) is 8.42 Å². The van der Waals surface area contributed by atoms with Gasteiger partial charge in [0.25, 0.3) is 0 Å². The topological polar surface area (TPSA) is 72.6 Å². The Morgan fingerprint density at radius 3 is 2.65 bits per heavy atom. The number of benzene rings is 1. The zero-order chi connectivity index (χ0) is 14.2. The number of hydrogen-bond acceptors (Lipinski definition) is 4. The minimum Gasteiger partial charge on any atom is -0.381 e. The van der Waals surface area contributed by atoms with E-state index in [1.165, 1.54) is 4.31 Å². The summed E-state index contributed by atoms with van der Waals surface area (Å²) in [4.78, 5) is 0. The Labute approximate surface area is 119 Å². The first-order chi connectivity index (χ1) is 9.59. The molecule has 1 atom stereocenters. The molecule has 1 aromatic carbocycles. The maximum Gasteiger partial charge on any atom is 0.238 e. The van der Waals surface area contributed by atoms with Crippen molar-refractivity contribution in [2.75, 3.05) is 24.1 Å². The smallest absolute Gasteiger partial charge is 0.238 e. The minimum absolute atomic E-state index is 0.139. The van der Waals surface area contributed by atoms with Crippen LogP contribution in [-0.2, 0) is 21.2 Å². The van der Waals surface area contributed by atoms with E-state index in [1.54, 1.807) is 0 Å². The fourth-order valence-electron chi connectivity index (χ4n) is 2.98. The second-order valence-corrected chi connectivity index (χ2v) is 7.62. The van der Waals surface area contributed by atoms with Crippen molar-refractivity contribution in [3.63, 3.8) is 0 Å². The molecule has 0 saturated carbocycles. The maximum atomic E-state index is 12.9. The largest absolute Gasteiger partial charge is 0.381 e. The summed E-state index contributed by atoms with van der Waals surface area (Å²) in [6.07, 6.45) is 1.86. The third-order valence-corrected chi connectivity index (χ3v) is 6.31. The summed E-state index contributed by atoms with van der Waals surface area (Å²) in [5.41, 5.74) is 7.84. The standard InChI is InChI=1S/C14H20N2O3S/c15-12-9-11-3-1-2-4-14(11)16(10-12)20(17,18)13-5-7-19-8-6-13/h1-4,12-13H,5-10,15H2. The van der Waals surface area contributed by atoms with Crippen LogP contribution in [0, 0.1) is 0 Å². The highest BCUT2D eigenvalue weighted by Gasteiger charge is 2.37. The normalized spacial score (nSPS) is 24.4. The molecule has 2 aliphatic rings. The van der Waals surface area contributed by atoms with E-state index in [9.17, 15) is 8.42 Å². The Kier molecular flexibility index (Phi) is 3.70. The summed E-state index contributed by atoms with van der Waals surface area (Å²) < 4.78 is 32.5. The summed E-state index contributed by atoms with van der Waals surface area (Å²) in [7, 11) is -3.36. The van der Waals surface area contributed by atoms with Crippen molar-refractivity contribution in [2.24, 2.45) is 5.73 Å². The molecule has 110 valence electrons. The number of hydrogen-bond donors (Lipinski definition) is 1. The molecule has 0 amide bonds. The van der Waals surface area contributed by atoms with E-state index in [0.717, 1.165) is 17.7 Å². The number of para-hydroxylation sites is 1. The van der Waals surface area contributed by atoms with Gasteiger partial charge in [-0.3, -0.25) is 4.31 Å². The summed E-state index contributed by atoms with van der Waals surface area (Å²) in [5, 5.41) is -0.352. The summed E-state index contributed by atoms with van der Waals surface area (Å²) in [5.74, 6) is 0. The molecule has 5 nitrogen and oxygen atoms in total. The molecular formula is C14H20N2O3S. The van der Waals surface area contributed by atoms with E-state index < -0.39 is 10.0 Å². The molecule has 1 fully saturated rings. The number of fused-ring (bicyclic) bond motifs is 1. The van der Waals surface area contributed by atoms with Crippen molar-refractivity contribution in [1.82, 2.24) is 0 Å². The molecule has 1 saturated heterocycles. The van der Waals surface area contributed by atoms with Gasteiger partial charge in [0.05, 0.1) is 10.9 Å². The fourth-order valence-corrected chi connectivity index (χ4v) is 4.98. The summed E-state index contributed by atoms with van der Waals surface area (Å²) >= 11 is 0. The highest BCUT2D eigenvalue weighted by molar-refractivity contribution is 7.93. The van der Waals surface area contributed by atoms with Crippen LogP contribution < -0.4 is 10.0 Å². The average molecular weight is 296 g/mol. The van der Waals surface area contributed by atoms with Crippen molar-refractivity contribution < 1.29 is 13.2 Å². The Balaban J connectivity index is 1.96. The van der Waals surface area contributed by atoms with Gasteiger partial charge in [-0.2, -0.15) is 0 Å². The van der Waals surface area contributed by atoms with Gasteiger partial charge in [-0.15, -0.1) is 0 Å². The lowest BCUT2D eigenvalue weighted by molar-refractivity contribution is 0.0983. The van der Waals surface area contributed by atoms with Crippen molar-refractivity contribution in [2.45, 2.75) is 30.6 Å². The lowest BCUT2D eigenvalue weighted by atomic mass is 10.0. The maximum absolute atomic E-state index is 12.9. The first-order valence-corrected chi connectivity index (χ1v) is 8.52. The zero-order valence-electron chi connectivity index (χ0n) is 11.4. The molecule has 6 heteroatoms. The van der Waals surface area contributed by atoms with Crippen LogP contribution in [0.1, 0.15) is 18.4 Å². The molecule has 0 bridgehead atoms. The molecule has 0 aromatic heterocycles. The predicted octanol–water partition coefficient (Wildman–Crippen LogP) is 0.885. The van der Waals surface area contributed by atoms with Gasteiger partial charge in [-0.05, 0) is 30.9 Å². The van der Waals surface area contributed by atoms with E-state index in [0.29, 0.717) is 32.6 Å². The van der Waals surface area contributed by atoms with Crippen LogP contribution in [0.15, 0.2) is 24.3 Å². The molecule has 3 rings (SSSR count). The molecule has 2 aliphatic heterocycles. The Morgan fingerprint density at radius 1 is 1.20 bits per heavy atom. The molecule has 2 heterocycles. The van der Waals surface area contributed by atoms with E-state index in [-0.39, 0.29) is 11.3 Å². The zero-order valence-corrected chi connectivity index (χ0v) is 12.2. The molecule has 0 aliphatic carbocycles. The fraction of sp³-hybridized carbons (Fsp3) is 0.571. The van der Waals surface area contributed by atoms with Gasteiger partial charge in [-0.1, -0.05) is 18.2 Å². The van der Waals surface area contributed by atoms with E-state index in [4.69, 9.17) is 10.5 Å². The molecule has 0 spiro atoms. The van der Waals surface area contributed by atoms with Gasteiger partial charge >= 0.3 is 0 Å². The van der Waals surface area contributed by atoms with Crippen LogP contribution in [0.3, 0.4) is 0 Å². The molecule has 1 unspecified atom stereocenters. The van der Waals surface area contributed by atoms with Crippen LogP contribution in [-0.4, -0.2) is 39.5 Å². The summed E-state index contributed by atoms with van der Waals surface area (Å²) in [6, 6.07) is 7.50. The third-order valence-electron chi connectivity index (χ3n) is 4.04. The number of sulfonamides is 1. The van der Waals surface area contributed by atoms with Gasteiger partial charge in [0.15, 0.2) is 0 Å². The number of nitrogens with two attached hydrogens (primary N) is 1. The minimum atomic E-state index is -3.36. The highest BCUT2D eigenvalue weighted by atomic mass is 32.2. The van der Waals surface area contributed by atoms with Gasteiger partial charge in [0.1, 0.15) is 0 Å². The number of ether oxygens (including phenoxy) is 1. The third kappa shape index (κ3) is 2.43. The van der Waals surface area contributed by atoms with Crippen molar-refractivity contribution in [3.8, 4) is 0 Å². The van der Waals surface area contributed by atoms with Crippen LogP contribution in [0.25, 0.3) is 0 Å². The Morgan fingerprint density at radius 2 is 1.90 bits per heavy atom. The molecular weight excluding hydrogens is 276 g/mol. The number of rotatable bonds is 2. The van der Waals surface area contributed by atoms with Crippen LogP contribution in [0.4, 0.5) is 5.69 Å². The van der Waals surface area contributed by atoms with Crippen LogP contribution in [0.5, 0.6) is 0 Å². The second-order valence-electron chi connectivity index (χ2n) is 5.48. The van der Waals surface area contributed by atoms with E-state index in [2.05, 4.69) is 0 Å². The molecule has 20 heavy (non-hydrogen) atoms. The lowest BCUT2D eigenvalue weighted by Crippen LogP contribution is -2.50. The quantitative estimate of drug-likeness (QED) is 0.879. The molecule has 0 radical (unpaired) electrons. The van der Waals surface area contributed by atoms with Crippen molar-refractivity contribution >= 4 is 15.7 Å². The number of anilines is 1. The highest BCUT2D eigenvalue weighted by Crippen LogP contribution is 2.32. The summed E-state index contributed by atoms with van der Waals surface area (Å²) in [6.45, 7) is 1.41. The monoisotopic (exact) mass is 296 g/mol. The van der Waals surface area contributed by atoms with Crippen LogP contribution >= 0.6 is 0 Å².